The Balaban J connectivity index is 4.52. The zero-order valence-electron chi connectivity index (χ0n) is 36.4. The summed E-state index contributed by atoms with van der Waals surface area (Å²) in [5.41, 5.74) is 0. The van der Waals surface area contributed by atoms with E-state index >= 15 is 0 Å². The molecule has 2 unspecified atom stereocenters. The lowest BCUT2D eigenvalue weighted by molar-refractivity contribution is -0.870. The van der Waals surface area contributed by atoms with Crippen LogP contribution in [0.5, 0.6) is 0 Å². The van der Waals surface area contributed by atoms with Crippen molar-refractivity contribution in [3.05, 3.63) is 72.9 Å². The first-order chi connectivity index (χ1) is 27.4. The monoisotopic (exact) mass is 823 g/mol. The van der Waals surface area contributed by atoms with Gasteiger partial charge in [-0.3, -0.25) is 18.6 Å². The van der Waals surface area contributed by atoms with Gasteiger partial charge in [-0.15, -0.1) is 0 Å². The van der Waals surface area contributed by atoms with Crippen LogP contribution in [0, 0.1) is 0 Å². The number of ether oxygens (including phenoxy) is 2. The van der Waals surface area contributed by atoms with Crippen molar-refractivity contribution in [3.63, 3.8) is 0 Å². The van der Waals surface area contributed by atoms with Crippen molar-refractivity contribution in [2.75, 3.05) is 47.5 Å². The van der Waals surface area contributed by atoms with E-state index in [4.69, 9.17) is 18.5 Å². The van der Waals surface area contributed by atoms with Crippen LogP contribution in [0.1, 0.15) is 149 Å². The van der Waals surface area contributed by atoms with E-state index in [1.165, 1.54) is 57.8 Å². The highest BCUT2D eigenvalue weighted by molar-refractivity contribution is 7.47. The minimum absolute atomic E-state index is 0.0117. The zero-order valence-corrected chi connectivity index (χ0v) is 37.3. The third kappa shape index (κ3) is 41.4. The van der Waals surface area contributed by atoms with E-state index in [0.29, 0.717) is 30.3 Å². The van der Waals surface area contributed by atoms with E-state index in [1.54, 1.807) is 6.08 Å². The van der Waals surface area contributed by atoms with Crippen molar-refractivity contribution in [1.82, 2.24) is 0 Å². The summed E-state index contributed by atoms with van der Waals surface area (Å²) in [6, 6.07) is 0. The van der Waals surface area contributed by atoms with Gasteiger partial charge in [0.25, 0.3) is 0 Å². The molecule has 0 fully saturated rings. The van der Waals surface area contributed by atoms with Gasteiger partial charge in [-0.1, -0.05) is 164 Å². The molecule has 0 saturated heterocycles. The van der Waals surface area contributed by atoms with Crippen LogP contribution in [0.4, 0.5) is 0 Å². The number of carbonyl (C=O) groups excluding carboxylic acids is 2. The number of nitrogens with zero attached hydrogens (tertiary/aromatic N) is 1. The Hall–Kier alpha value is -2.59. The Bertz CT molecular complexity index is 1220. The molecule has 11 heteroatoms. The Labute approximate surface area is 347 Å². The molecule has 0 aromatic carbocycles. The van der Waals surface area contributed by atoms with Gasteiger partial charge in [0, 0.05) is 12.8 Å². The quantitative estimate of drug-likeness (QED) is 0.0156. The largest absolute Gasteiger partial charge is 0.472 e. The van der Waals surface area contributed by atoms with Crippen molar-refractivity contribution in [2.24, 2.45) is 0 Å². The first kappa shape index (κ1) is 54.4. The molecular formula is C46H81NO9P+. The topological polar surface area (TPSA) is 129 Å². The number of likely N-dealkylation sites (N-methyl/N-ethyl adjacent to an activating group) is 1. The SMILES string of the molecule is CC/C=C\CC(O)/C=C/C=C/C/C=C\C/C=C\C/C=C\CCC(=O)OC[C@H](COP(=O)(O)OCC[N+](C)(C)C)OC(=O)CCCCCCCCCCCCCCC. The highest BCUT2D eigenvalue weighted by Gasteiger charge is 2.27. The summed E-state index contributed by atoms with van der Waals surface area (Å²) < 4.78 is 34.2. The van der Waals surface area contributed by atoms with Gasteiger partial charge >= 0.3 is 19.8 Å². The van der Waals surface area contributed by atoms with Crippen molar-refractivity contribution >= 4 is 19.8 Å². The number of allylic oxidation sites excluding steroid dienone is 10. The molecular weight excluding hydrogens is 741 g/mol. The molecule has 0 heterocycles. The summed E-state index contributed by atoms with van der Waals surface area (Å²) in [5, 5.41) is 9.84. The van der Waals surface area contributed by atoms with Crippen LogP contribution in [0.15, 0.2) is 72.9 Å². The Morgan fingerprint density at radius 2 is 1.21 bits per heavy atom. The molecule has 0 aromatic heterocycles. The number of quaternary nitrogens is 1. The van der Waals surface area contributed by atoms with Gasteiger partial charge in [-0.05, 0) is 44.9 Å². The lowest BCUT2D eigenvalue weighted by atomic mass is 10.0. The van der Waals surface area contributed by atoms with Crippen molar-refractivity contribution in [1.29, 1.82) is 0 Å². The fourth-order valence-electron chi connectivity index (χ4n) is 5.42. The average molecular weight is 823 g/mol. The van der Waals surface area contributed by atoms with Crippen molar-refractivity contribution < 1.29 is 47.2 Å². The van der Waals surface area contributed by atoms with Gasteiger partial charge in [-0.2, -0.15) is 0 Å². The van der Waals surface area contributed by atoms with Crippen LogP contribution in [0.2, 0.25) is 0 Å². The minimum atomic E-state index is -4.40. The number of aliphatic hydroxyl groups is 1. The van der Waals surface area contributed by atoms with E-state index in [9.17, 15) is 24.2 Å². The van der Waals surface area contributed by atoms with Gasteiger partial charge in [0.05, 0.1) is 33.9 Å². The highest BCUT2D eigenvalue weighted by Crippen LogP contribution is 2.43. The molecule has 0 bridgehead atoms. The molecule has 0 spiro atoms. The van der Waals surface area contributed by atoms with Crippen LogP contribution in [0.3, 0.4) is 0 Å². The maximum Gasteiger partial charge on any atom is 0.472 e. The van der Waals surface area contributed by atoms with E-state index in [2.05, 4.69) is 44.2 Å². The molecule has 0 aliphatic rings. The van der Waals surface area contributed by atoms with Crippen molar-refractivity contribution in [2.45, 2.75) is 161 Å². The van der Waals surface area contributed by atoms with Gasteiger partial charge in [0.1, 0.15) is 19.8 Å². The van der Waals surface area contributed by atoms with Gasteiger partial charge in [-0.25, -0.2) is 4.57 Å². The minimum Gasteiger partial charge on any atom is -0.462 e. The number of hydrogen-bond acceptors (Lipinski definition) is 8. The molecule has 2 N–H and O–H groups in total. The van der Waals surface area contributed by atoms with E-state index < -0.39 is 38.6 Å². The Morgan fingerprint density at radius 1 is 0.649 bits per heavy atom. The second-order valence-electron chi connectivity index (χ2n) is 15.6. The Kier molecular flexibility index (Phi) is 36.0. The van der Waals surface area contributed by atoms with Gasteiger partial charge in [0.15, 0.2) is 6.10 Å². The van der Waals surface area contributed by atoms with Crippen LogP contribution in [0.25, 0.3) is 0 Å². The van der Waals surface area contributed by atoms with E-state index in [0.717, 1.165) is 44.9 Å². The molecule has 10 nitrogen and oxygen atoms in total. The molecule has 0 saturated carbocycles. The van der Waals surface area contributed by atoms with Crippen LogP contribution in [-0.4, -0.2) is 86.1 Å². The van der Waals surface area contributed by atoms with Gasteiger partial charge in [0.2, 0.25) is 0 Å². The highest BCUT2D eigenvalue weighted by atomic mass is 31.2. The fraction of sp³-hybridized carbons (Fsp3) is 0.696. The number of rotatable bonds is 38. The maximum atomic E-state index is 12.7. The summed E-state index contributed by atoms with van der Waals surface area (Å²) in [6.45, 7) is 4.10. The maximum absolute atomic E-state index is 12.7. The van der Waals surface area contributed by atoms with Crippen LogP contribution < -0.4 is 0 Å². The lowest BCUT2D eigenvalue weighted by Crippen LogP contribution is -2.37. The molecule has 57 heavy (non-hydrogen) atoms. The summed E-state index contributed by atoms with van der Waals surface area (Å²) in [4.78, 5) is 35.3. The lowest BCUT2D eigenvalue weighted by Gasteiger charge is -2.24. The predicted molar refractivity (Wildman–Crippen MR) is 235 cm³/mol. The molecule has 0 rings (SSSR count). The van der Waals surface area contributed by atoms with Crippen LogP contribution >= 0.6 is 7.82 Å². The van der Waals surface area contributed by atoms with Crippen LogP contribution in [-0.2, 0) is 32.7 Å². The van der Waals surface area contributed by atoms with E-state index in [-0.39, 0.29) is 26.1 Å². The molecule has 3 atom stereocenters. The average Bonchev–Trinajstić information content (AvgIpc) is 3.15. The molecule has 0 radical (unpaired) electrons. The standard InChI is InChI=1S/C46H80NO9P/c1-6-8-10-11-12-13-14-16-21-24-27-30-34-38-46(50)56-44(42-55-57(51,52)54-40-39-47(3,4)5)41-53-45(49)37-33-29-26-23-20-18-15-17-19-22-25-28-32-36-43(48)35-31-9-7-2/h9,17-20,25-26,28-29,31-32,36,43-44,48H,6-8,10-16,21-24,27,30,33-35,37-42H2,1-5H3/p+1/b19-17-,20-18-,28-25+,29-26-,31-9-,36-32+/t43?,44-/m1/s1. The summed E-state index contributed by atoms with van der Waals surface area (Å²) in [7, 11) is 1.41. The van der Waals surface area contributed by atoms with Gasteiger partial charge < -0.3 is 24.0 Å². The molecule has 0 aliphatic carbocycles. The zero-order chi connectivity index (χ0) is 42.3. The third-order valence-electron chi connectivity index (χ3n) is 8.84. The molecule has 328 valence electrons. The number of carbonyl (C=O) groups is 2. The molecule has 0 aliphatic heterocycles. The second kappa shape index (κ2) is 37.7. The number of aliphatic hydroxyl groups excluding tert-OH is 1. The van der Waals surface area contributed by atoms with Crippen molar-refractivity contribution in [3.8, 4) is 0 Å². The number of hydrogen-bond donors (Lipinski definition) is 2. The number of phosphoric acid groups is 1. The molecule has 0 amide bonds. The predicted octanol–water partition coefficient (Wildman–Crippen LogP) is 11.2. The third-order valence-corrected chi connectivity index (χ3v) is 9.83. The first-order valence-electron chi connectivity index (χ1n) is 21.8. The summed E-state index contributed by atoms with van der Waals surface area (Å²) >= 11 is 0. The number of unbranched alkanes of at least 4 members (excludes halogenated alkanes) is 12. The van der Waals surface area contributed by atoms with E-state index in [1.807, 2.05) is 57.6 Å². The second-order valence-corrected chi connectivity index (χ2v) is 17.0. The first-order valence-corrected chi connectivity index (χ1v) is 23.3. The summed E-state index contributed by atoms with van der Waals surface area (Å²) in [6.07, 6.45) is 42.9. The smallest absolute Gasteiger partial charge is 0.462 e. The summed E-state index contributed by atoms with van der Waals surface area (Å²) in [5.74, 6) is -0.921. The normalized spacial score (nSPS) is 14.9. The molecule has 0 aromatic rings. The number of esters is 2. The number of phosphoric ester groups is 1. The fourth-order valence-corrected chi connectivity index (χ4v) is 6.16. The Morgan fingerprint density at radius 3 is 1.79 bits per heavy atom.